The first kappa shape index (κ1) is 21.9. The number of rotatable bonds is 6. The molecule has 2 heterocycles. The summed E-state index contributed by atoms with van der Waals surface area (Å²) in [5.41, 5.74) is 2.43. The molecule has 0 radical (unpaired) electrons. The highest BCUT2D eigenvalue weighted by Gasteiger charge is 2.39. The van der Waals surface area contributed by atoms with E-state index in [1.807, 2.05) is 43.3 Å². The zero-order valence-electron chi connectivity index (χ0n) is 18.3. The van der Waals surface area contributed by atoms with Crippen molar-refractivity contribution in [2.75, 3.05) is 38.3 Å². The molecule has 32 heavy (non-hydrogen) atoms. The van der Waals surface area contributed by atoms with Gasteiger partial charge < -0.3 is 19.1 Å². The Morgan fingerprint density at radius 1 is 1.12 bits per heavy atom. The fourth-order valence-electron chi connectivity index (χ4n) is 4.02. The standard InChI is InChI=1S/C24H25N3O4S/c1-4-31-17-7-5-16(6-8-17)26-14-27-23(28)12-20(21(13-25)24(27)32-15-26)19-10-9-18(29-2)11-22(19)30-3/h5-11,20H,4,12,14-15H2,1-3H3/t20-/m1/s1. The van der Waals surface area contributed by atoms with E-state index in [1.54, 1.807) is 25.2 Å². The molecule has 0 N–H and O–H groups in total. The third-order valence-electron chi connectivity index (χ3n) is 5.62. The number of fused-ring (bicyclic) bond motifs is 1. The first-order valence-corrected chi connectivity index (χ1v) is 11.3. The number of carbonyl (C=O) groups is 1. The lowest BCUT2D eigenvalue weighted by Crippen LogP contribution is -2.47. The Labute approximate surface area is 192 Å². The van der Waals surface area contributed by atoms with Crippen molar-refractivity contribution in [2.45, 2.75) is 19.3 Å². The number of nitriles is 1. The van der Waals surface area contributed by atoms with Crippen molar-refractivity contribution in [1.29, 1.82) is 5.26 Å². The summed E-state index contributed by atoms with van der Waals surface area (Å²) in [5.74, 6) is 2.39. The van der Waals surface area contributed by atoms with Crippen molar-refractivity contribution in [3.05, 3.63) is 58.6 Å². The summed E-state index contributed by atoms with van der Waals surface area (Å²) in [5, 5.41) is 10.8. The van der Waals surface area contributed by atoms with E-state index in [1.165, 1.54) is 11.8 Å². The van der Waals surface area contributed by atoms with Crippen molar-refractivity contribution in [3.8, 4) is 23.3 Å². The average Bonchev–Trinajstić information content (AvgIpc) is 2.84. The fraction of sp³-hybridized carbons (Fsp3) is 0.333. The minimum absolute atomic E-state index is 0.00925. The third kappa shape index (κ3) is 4.08. The molecule has 1 fully saturated rings. The molecule has 7 nitrogen and oxygen atoms in total. The summed E-state index contributed by atoms with van der Waals surface area (Å²) in [6.07, 6.45) is 0.215. The SMILES string of the molecule is CCOc1ccc(N2CSC3=C(C#N)[C@@H](c4ccc(OC)cc4OC)CC(=O)N3C2)cc1. The van der Waals surface area contributed by atoms with E-state index in [0.717, 1.165) is 22.0 Å². The molecule has 2 aliphatic heterocycles. The molecule has 2 aromatic rings. The molecule has 166 valence electrons. The lowest BCUT2D eigenvalue weighted by molar-refractivity contribution is -0.129. The second-order valence-electron chi connectivity index (χ2n) is 7.40. The fourth-order valence-corrected chi connectivity index (χ4v) is 5.19. The van der Waals surface area contributed by atoms with Crippen molar-refractivity contribution < 1.29 is 19.0 Å². The van der Waals surface area contributed by atoms with Gasteiger partial charge in [0.05, 0.1) is 50.0 Å². The molecule has 1 atom stereocenters. The summed E-state index contributed by atoms with van der Waals surface area (Å²) >= 11 is 1.51. The molecule has 0 bridgehead atoms. The first-order chi connectivity index (χ1) is 15.6. The van der Waals surface area contributed by atoms with Crippen molar-refractivity contribution in [2.24, 2.45) is 0 Å². The number of amides is 1. The van der Waals surface area contributed by atoms with Crippen LogP contribution in [0.3, 0.4) is 0 Å². The van der Waals surface area contributed by atoms with E-state index in [2.05, 4.69) is 11.0 Å². The summed E-state index contributed by atoms with van der Waals surface area (Å²) in [6, 6.07) is 15.7. The molecular formula is C24H25N3O4S. The van der Waals surface area contributed by atoms with E-state index >= 15 is 0 Å². The Bertz CT molecular complexity index is 1080. The first-order valence-electron chi connectivity index (χ1n) is 10.4. The summed E-state index contributed by atoms with van der Waals surface area (Å²) in [6.45, 7) is 2.98. The second kappa shape index (κ2) is 9.45. The maximum absolute atomic E-state index is 13.2. The number of nitrogens with zero attached hydrogens (tertiary/aromatic N) is 3. The van der Waals surface area contributed by atoms with E-state index in [4.69, 9.17) is 14.2 Å². The molecule has 0 aliphatic carbocycles. The highest BCUT2D eigenvalue weighted by Crippen LogP contribution is 2.45. The van der Waals surface area contributed by atoms with E-state index in [9.17, 15) is 10.1 Å². The Kier molecular flexibility index (Phi) is 6.47. The molecule has 0 spiro atoms. The van der Waals surface area contributed by atoms with Gasteiger partial charge >= 0.3 is 0 Å². The van der Waals surface area contributed by atoms with Gasteiger partial charge in [0, 0.05) is 29.7 Å². The maximum Gasteiger partial charge on any atom is 0.229 e. The van der Waals surface area contributed by atoms with Gasteiger partial charge in [-0.05, 0) is 37.3 Å². The predicted octanol–water partition coefficient (Wildman–Crippen LogP) is 4.32. The Balaban J connectivity index is 1.63. The normalized spacial score (nSPS) is 18.2. The van der Waals surface area contributed by atoms with Gasteiger partial charge in [-0.25, -0.2) is 0 Å². The molecule has 8 heteroatoms. The monoisotopic (exact) mass is 451 g/mol. The van der Waals surface area contributed by atoms with Gasteiger partial charge in [0.1, 0.15) is 17.2 Å². The van der Waals surface area contributed by atoms with Crippen LogP contribution in [0.2, 0.25) is 0 Å². The van der Waals surface area contributed by atoms with Crippen LogP contribution in [0.5, 0.6) is 17.2 Å². The molecule has 4 rings (SSSR count). The average molecular weight is 452 g/mol. The number of ether oxygens (including phenoxy) is 3. The van der Waals surface area contributed by atoms with Crippen LogP contribution in [-0.2, 0) is 4.79 Å². The van der Waals surface area contributed by atoms with Crippen LogP contribution in [0.15, 0.2) is 53.1 Å². The maximum atomic E-state index is 13.2. The van der Waals surface area contributed by atoms with Gasteiger partial charge in [0.2, 0.25) is 5.91 Å². The molecule has 0 saturated carbocycles. The topological polar surface area (TPSA) is 75.0 Å². The van der Waals surface area contributed by atoms with Crippen molar-refractivity contribution in [3.63, 3.8) is 0 Å². The number of benzene rings is 2. The predicted molar refractivity (Wildman–Crippen MR) is 124 cm³/mol. The minimum Gasteiger partial charge on any atom is -0.497 e. The number of methoxy groups -OCH3 is 2. The second-order valence-corrected chi connectivity index (χ2v) is 8.33. The van der Waals surface area contributed by atoms with E-state index in [-0.39, 0.29) is 18.2 Å². The number of anilines is 1. The number of carbonyl (C=O) groups excluding carboxylic acids is 1. The van der Waals surface area contributed by atoms with Gasteiger partial charge in [-0.3, -0.25) is 9.69 Å². The molecular weight excluding hydrogens is 426 g/mol. The Hall–Kier alpha value is -3.31. The molecule has 2 aromatic carbocycles. The Morgan fingerprint density at radius 3 is 2.53 bits per heavy atom. The lowest BCUT2D eigenvalue weighted by atomic mass is 9.86. The van der Waals surface area contributed by atoms with Gasteiger partial charge in [-0.2, -0.15) is 5.26 Å². The van der Waals surface area contributed by atoms with Gasteiger partial charge in [-0.1, -0.05) is 17.8 Å². The van der Waals surface area contributed by atoms with Crippen LogP contribution in [-0.4, -0.2) is 44.2 Å². The molecule has 1 saturated heterocycles. The molecule has 1 amide bonds. The molecule has 0 aromatic heterocycles. The van der Waals surface area contributed by atoms with Crippen LogP contribution in [0, 0.1) is 11.3 Å². The van der Waals surface area contributed by atoms with Crippen LogP contribution in [0.4, 0.5) is 5.69 Å². The zero-order valence-corrected chi connectivity index (χ0v) is 19.1. The van der Waals surface area contributed by atoms with E-state index < -0.39 is 0 Å². The highest BCUT2D eigenvalue weighted by molar-refractivity contribution is 8.03. The summed E-state index contributed by atoms with van der Waals surface area (Å²) in [7, 11) is 3.17. The van der Waals surface area contributed by atoms with Crippen molar-refractivity contribution in [1.82, 2.24) is 4.90 Å². The van der Waals surface area contributed by atoms with Gasteiger partial charge in [-0.15, -0.1) is 0 Å². The minimum atomic E-state index is -0.343. The number of hydrogen-bond donors (Lipinski definition) is 0. The smallest absolute Gasteiger partial charge is 0.229 e. The van der Waals surface area contributed by atoms with Crippen LogP contribution < -0.4 is 19.1 Å². The number of allylic oxidation sites excluding steroid dienone is 1. The van der Waals surface area contributed by atoms with Gasteiger partial charge in [0.15, 0.2) is 0 Å². The summed E-state index contributed by atoms with van der Waals surface area (Å²) < 4.78 is 16.3. The van der Waals surface area contributed by atoms with Gasteiger partial charge in [0.25, 0.3) is 0 Å². The highest BCUT2D eigenvalue weighted by atomic mass is 32.2. The molecule has 2 aliphatic rings. The van der Waals surface area contributed by atoms with Crippen LogP contribution in [0.1, 0.15) is 24.8 Å². The Morgan fingerprint density at radius 2 is 1.88 bits per heavy atom. The van der Waals surface area contributed by atoms with Crippen LogP contribution in [0.25, 0.3) is 0 Å². The quantitative estimate of drug-likeness (QED) is 0.647. The largest absolute Gasteiger partial charge is 0.497 e. The molecule has 0 unspecified atom stereocenters. The third-order valence-corrected chi connectivity index (χ3v) is 6.78. The van der Waals surface area contributed by atoms with E-state index in [0.29, 0.717) is 36.2 Å². The summed E-state index contributed by atoms with van der Waals surface area (Å²) in [4.78, 5) is 17.0. The lowest BCUT2D eigenvalue weighted by Gasteiger charge is -2.42. The van der Waals surface area contributed by atoms with Crippen LogP contribution >= 0.6 is 11.8 Å². The van der Waals surface area contributed by atoms with Crippen molar-refractivity contribution >= 4 is 23.4 Å². The number of thioether (sulfide) groups is 1. The zero-order chi connectivity index (χ0) is 22.7. The number of hydrogen-bond acceptors (Lipinski definition) is 7.